The molecule has 2 aliphatic heterocycles. The first-order valence-corrected chi connectivity index (χ1v) is 19.0. The molecule has 0 spiro atoms. The smallest absolute Gasteiger partial charge is 0.387 e. The molecule has 6 rings (SSSR count). The molecule has 1 saturated carbocycles. The number of esters is 1. The van der Waals surface area contributed by atoms with E-state index in [1.807, 2.05) is 7.05 Å². The molecule has 0 radical (unpaired) electrons. The Balaban J connectivity index is 1.24. The Morgan fingerprint density at radius 1 is 0.941 bits per heavy atom. The summed E-state index contributed by atoms with van der Waals surface area (Å²) in [5.41, 5.74) is 1.20. The minimum atomic E-state index is -4.17. The number of halogens is 4. The number of pyridine rings is 1. The normalized spacial score (nSPS) is 19.3. The molecule has 3 heterocycles. The Labute approximate surface area is 305 Å². The van der Waals surface area contributed by atoms with Crippen LogP contribution in [0.4, 0.5) is 8.78 Å². The van der Waals surface area contributed by atoms with Crippen molar-refractivity contribution in [2.24, 2.45) is 5.92 Å². The minimum absolute atomic E-state index is 0.0164. The van der Waals surface area contributed by atoms with Gasteiger partial charge in [-0.3, -0.25) is 9.59 Å². The second-order valence-corrected chi connectivity index (χ2v) is 15.7. The first kappa shape index (κ1) is 37.2. The summed E-state index contributed by atoms with van der Waals surface area (Å²) in [7, 11) is -2.18. The molecule has 2 saturated heterocycles. The second kappa shape index (κ2) is 16.0. The van der Waals surface area contributed by atoms with Gasteiger partial charge < -0.3 is 24.0 Å². The van der Waals surface area contributed by atoms with Crippen LogP contribution >= 0.6 is 23.2 Å². The number of likely N-dealkylation sites (N-methyl/N-ethyl adjacent to an activating group) is 1. The van der Waals surface area contributed by atoms with Gasteiger partial charge in [0, 0.05) is 50.3 Å². The summed E-state index contributed by atoms with van der Waals surface area (Å²) in [4.78, 5) is 33.6. The van der Waals surface area contributed by atoms with Gasteiger partial charge in [-0.25, -0.2) is 13.4 Å². The summed E-state index contributed by atoms with van der Waals surface area (Å²) < 4.78 is 72.0. The number of piperazine rings is 1. The summed E-state index contributed by atoms with van der Waals surface area (Å²) in [5.74, 6) is -0.782. The quantitative estimate of drug-likeness (QED) is 0.216. The van der Waals surface area contributed by atoms with Crippen molar-refractivity contribution in [1.29, 1.82) is 0 Å². The van der Waals surface area contributed by atoms with E-state index in [9.17, 15) is 26.8 Å². The van der Waals surface area contributed by atoms with E-state index in [4.69, 9.17) is 37.4 Å². The van der Waals surface area contributed by atoms with Crippen LogP contribution in [0.2, 0.25) is 10.0 Å². The summed E-state index contributed by atoms with van der Waals surface area (Å²) in [5, 5.41) is 0.539. The van der Waals surface area contributed by atoms with Crippen molar-refractivity contribution >= 4 is 45.1 Å². The highest BCUT2D eigenvalue weighted by Gasteiger charge is 2.41. The maximum Gasteiger partial charge on any atom is 0.387 e. The number of hydrogen-bond donors (Lipinski definition) is 0. The third kappa shape index (κ3) is 8.91. The van der Waals surface area contributed by atoms with Gasteiger partial charge in [-0.2, -0.15) is 13.1 Å². The number of carbonyl (C=O) groups excluding carboxylic acids is 2. The van der Waals surface area contributed by atoms with Crippen LogP contribution in [0.5, 0.6) is 11.5 Å². The highest BCUT2D eigenvalue weighted by molar-refractivity contribution is 7.89. The SMILES string of the molecule is CN1CCN(C(=O)c2ccc(S(=O)(=O)N3CCCC3C(=O)O[C@@H](Cc3c(Cl)c[nH+]cc3Cl)c3ccc(OC(F)F)c(OCC4CC4)c3)cc2)CC1. The van der Waals surface area contributed by atoms with Gasteiger partial charge in [0.2, 0.25) is 10.0 Å². The van der Waals surface area contributed by atoms with E-state index in [2.05, 4.69) is 9.88 Å². The second-order valence-electron chi connectivity index (χ2n) is 13.0. The van der Waals surface area contributed by atoms with Crippen LogP contribution in [0, 0.1) is 5.92 Å². The lowest BCUT2D eigenvalue weighted by molar-refractivity contribution is -0.377. The van der Waals surface area contributed by atoms with Crippen LogP contribution in [0.25, 0.3) is 0 Å². The number of rotatable bonds is 13. The van der Waals surface area contributed by atoms with Crippen molar-refractivity contribution in [2.45, 2.75) is 55.8 Å². The Bertz CT molecular complexity index is 1820. The lowest BCUT2D eigenvalue weighted by atomic mass is 10.0. The molecule has 1 aliphatic carbocycles. The van der Waals surface area contributed by atoms with Gasteiger partial charge >= 0.3 is 12.6 Å². The van der Waals surface area contributed by atoms with Gasteiger partial charge in [0.1, 0.15) is 22.2 Å². The van der Waals surface area contributed by atoms with E-state index in [-0.39, 0.29) is 51.7 Å². The van der Waals surface area contributed by atoms with Crippen molar-refractivity contribution < 1.29 is 46.0 Å². The van der Waals surface area contributed by atoms with E-state index in [0.717, 1.165) is 30.2 Å². The Hall–Kier alpha value is -3.56. The number of H-pyrrole nitrogens is 1. The number of ether oxygens (including phenoxy) is 3. The van der Waals surface area contributed by atoms with Crippen molar-refractivity contribution in [3.63, 3.8) is 0 Å². The van der Waals surface area contributed by atoms with Gasteiger partial charge in [-0.05, 0) is 80.6 Å². The monoisotopic (exact) mass is 767 g/mol. The van der Waals surface area contributed by atoms with Crippen LogP contribution < -0.4 is 14.5 Å². The molecule has 3 aromatic rings. The fourth-order valence-corrected chi connectivity index (χ4v) is 8.37. The maximum atomic E-state index is 13.9. The van der Waals surface area contributed by atoms with Gasteiger partial charge in [-0.15, -0.1) is 0 Å². The molecular weight excluding hydrogens is 729 g/mol. The van der Waals surface area contributed by atoms with Gasteiger partial charge in [0.25, 0.3) is 5.91 Å². The van der Waals surface area contributed by atoms with Crippen LogP contribution in [-0.2, 0) is 26.0 Å². The molecule has 2 atom stereocenters. The highest BCUT2D eigenvalue weighted by atomic mass is 35.5. The molecular formula is C35H39Cl2F2N4O7S+. The first-order chi connectivity index (χ1) is 24.4. The number of carbonyl (C=O) groups is 2. The van der Waals surface area contributed by atoms with Crippen molar-refractivity contribution in [3.8, 4) is 11.5 Å². The number of sulfonamides is 1. The zero-order valence-corrected chi connectivity index (χ0v) is 30.2. The van der Waals surface area contributed by atoms with Crippen LogP contribution in [-0.4, -0.2) is 93.4 Å². The summed E-state index contributed by atoms with van der Waals surface area (Å²) >= 11 is 12.9. The number of nitrogens with zero attached hydrogens (tertiary/aromatic N) is 3. The number of hydrogen-bond acceptors (Lipinski definition) is 8. The van der Waals surface area contributed by atoms with Crippen molar-refractivity contribution in [2.75, 3.05) is 46.4 Å². The zero-order chi connectivity index (χ0) is 36.3. The highest BCUT2D eigenvalue weighted by Crippen LogP contribution is 2.38. The molecule has 1 unspecified atom stereocenters. The fourth-order valence-electron chi connectivity index (χ4n) is 6.19. The topological polar surface area (TPSA) is 120 Å². The molecule has 1 amide bonds. The fraction of sp³-hybridized carbons (Fsp3) is 0.457. The average Bonchev–Trinajstić information content (AvgIpc) is 3.80. The van der Waals surface area contributed by atoms with Crippen LogP contribution in [0.15, 0.2) is 59.8 Å². The molecule has 2 aromatic carbocycles. The Morgan fingerprint density at radius 2 is 1.63 bits per heavy atom. The molecule has 16 heteroatoms. The predicted octanol–water partition coefficient (Wildman–Crippen LogP) is 5.27. The van der Waals surface area contributed by atoms with E-state index in [1.165, 1.54) is 54.9 Å². The Morgan fingerprint density at radius 3 is 2.27 bits per heavy atom. The molecule has 1 aromatic heterocycles. The number of aromatic amines is 1. The summed E-state index contributed by atoms with van der Waals surface area (Å²) in [6.45, 7) is -0.0316. The standard InChI is InChI=1S/C35H38Cl2F2N4O7S/c1-41-13-15-42(16-14-41)33(44)23-6-9-25(10-7-23)51(46,47)43-12-2-3-29(43)34(45)49-31(18-26-27(36)19-40-20-28(26)37)24-8-11-30(50-35(38)39)32(17-24)48-21-22-4-5-22/h6-11,17,19-20,22,29,31,35H,2-5,12-16,18,21H2,1H3/p+1/t29?,31-/m0/s1. The van der Waals surface area contributed by atoms with Crippen molar-refractivity contribution in [1.82, 2.24) is 14.1 Å². The number of nitrogens with one attached hydrogen (secondary N) is 1. The van der Waals surface area contributed by atoms with Crippen molar-refractivity contribution in [3.05, 3.63) is 81.6 Å². The third-order valence-corrected chi connectivity index (χ3v) is 11.9. The third-order valence-electron chi connectivity index (χ3n) is 9.35. The summed E-state index contributed by atoms with van der Waals surface area (Å²) in [6.07, 6.45) is 4.50. The van der Waals surface area contributed by atoms with E-state index >= 15 is 0 Å². The summed E-state index contributed by atoms with van der Waals surface area (Å²) in [6, 6.07) is 8.86. The molecule has 274 valence electrons. The lowest BCUT2D eigenvalue weighted by Gasteiger charge is -2.32. The number of aromatic nitrogens is 1. The largest absolute Gasteiger partial charge is 0.489 e. The predicted molar refractivity (Wildman–Crippen MR) is 184 cm³/mol. The van der Waals surface area contributed by atoms with Crippen LogP contribution in [0.3, 0.4) is 0 Å². The number of amides is 1. The van der Waals surface area contributed by atoms with Gasteiger partial charge in [0.05, 0.1) is 11.5 Å². The van der Waals surface area contributed by atoms with Gasteiger partial charge in [0.15, 0.2) is 23.9 Å². The van der Waals surface area contributed by atoms with E-state index in [0.29, 0.717) is 48.7 Å². The maximum absolute atomic E-state index is 13.9. The average molecular weight is 769 g/mol. The minimum Gasteiger partial charge on any atom is -0.489 e. The molecule has 51 heavy (non-hydrogen) atoms. The number of benzene rings is 2. The van der Waals surface area contributed by atoms with E-state index < -0.39 is 34.7 Å². The number of alkyl halides is 2. The van der Waals surface area contributed by atoms with Gasteiger partial charge in [-0.1, -0.05) is 29.3 Å². The molecule has 3 aliphatic rings. The van der Waals surface area contributed by atoms with Crippen LogP contribution in [0.1, 0.15) is 53.3 Å². The first-order valence-electron chi connectivity index (χ1n) is 16.8. The molecule has 11 nitrogen and oxygen atoms in total. The molecule has 0 bridgehead atoms. The van der Waals surface area contributed by atoms with E-state index in [1.54, 1.807) is 4.90 Å². The zero-order valence-electron chi connectivity index (χ0n) is 27.9. The molecule has 3 fully saturated rings. The Kier molecular flexibility index (Phi) is 11.7. The molecule has 1 N–H and O–H groups in total. The lowest BCUT2D eigenvalue weighted by Crippen LogP contribution is -2.47.